The first kappa shape index (κ1) is 17.4. The van der Waals surface area contributed by atoms with E-state index in [1.807, 2.05) is 37.3 Å². The van der Waals surface area contributed by atoms with Crippen molar-refractivity contribution in [3.8, 4) is 0 Å². The van der Waals surface area contributed by atoms with Crippen LogP contribution in [0.3, 0.4) is 0 Å². The molecule has 0 saturated heterocycles. The SMILES string of the molecule is CC(NCCc1cccc(C(F)(F)F)n1)c1cccc2ncccc12. The number of rotatable bonds is 5. The molecule has 0 bridgehead atoms. The maximum absolute atomic E-state index is 12.7. The third kappa shape index (κ3) is 4.14. The molecule has 3 rings (SSSR count). The minimum Gasteiger partial charge on any atom is -0.310 e. The monoisotopic (exact) mass is 345 g/mol. The Hall–Kier alpha value is -2.47. The van der Waals surface area contributed by atoms with Gasteiger partial charge >= 0.3 is 6.18 Å². The minimum atomic E-state index is -4.41. The van der Waals surface area contributed by atoms with Gasteiger partial charge in [-0.25, -0.2) is 4.98 Å². The molecule has 6 heteroatoms. The summed E-state index contributed by atoms with van der Waals surface area (Å²) in [5.74, 6) is 0. The van der Waals surface area contributed by atoms with Crippen LogP contribution in [0.5, 0.6) is 0 Å². The predicted molar refractivity (Wildman–Crippen MR) is 91.1 cm³/mol. The molecule has 0 aliphatic carbocycles. The maximum Gasteiger partial charge on any atom is 0.433 e. The fraction of sp³-hybridized carbons (Fsp3) is 0.263. The third-order valence-electron chi connectivity index (χ3n) is 4.07. The number of pyridine rings is 2. The largest absolute Gasteiger partial charge is 0.433 e. The van der Waals surface area contributed by atoms with Crippen molar-refractivity contribution in [2.24, 2.45) is 0 Å². The van der Waals surface area contributed by atoms with Crippen LogP contribution < -0.4 is 5.32 Å². The lowest BCUT2D eigenvalue weighted by Gasteiger charge is -2.16. The lowest BCUT2D eigenvalue weighted by molar-refractivity contribution is -0.141. The van der Waals surface area contributed by atoms with Crippen molar-refractivity contribution in [2.45, 2.75) is 25.6 Å². The van der Waals surface area contributed by atoms with Gasteiger partial charge < -0.3 is 5.32 Å². The molecule has 25 heavy (non-hydrogen) atoms. The van der Waals surface area contributed by atoms with Crippen molar-refractivity contribution >= 4 is 10.9 Å². The molecule has 130 valence electrons. The Bertz CT molecular complexity index is 856. The Morgan fingerprint density at radius 3 is 2.64 bits per heavy atom. The van der Waals surface area contributed by atoms with E-state index in [0.29, 0.717) is 18.7 Å². The molecule has 1 unspecified atom stereocenters. The highest BCUT2D eigenvalue weighted by Crippen LogP contribution is 2.27. The molecule has 2 aromatic heterocycles. The summed E-state index contributed by atoms with van der Waals surface area (Å²) in [7, 11) is 0. The van der Waals surface area contributed by atoms with Gasteiger partial charge in [0.2, 0.25) is 0 Å². The zero-order valence-electron chi connectivity index (χ0n) is 13.7. The number of nitrogens with one attached hydrogen (secondary N) is 1. The van der Waals surface area contributed by atoms with Gasteiger partial charge in [-0.3, -0.25) is 4.98 Å². The standard InChI is InChI=1S/C19H18F3N3/c1-13(15-6-3-8-17-16(15)7-4-11-24-17)23-12-10-14-5-2-9-18(25-14)19(20,21)22/h2-9,11,13,23H,10,12H2,1H3. The van der Waals surface area contributed by atoms with Crippen molar-refractivity contribution in [1.29, 1.82) is 0 Å². The van der Waals surface area contributed by atoms with Crippen LogP contribution in [0.2, 0.25) is 0 Å². The van der Waals surface area contributed by atoms with Crippen LogP contribution in [0.1, 0.15) is 29.9 Å². The first-order chi connectivity index (χ1) is 11.9. The van der Waals surface area contributed by atoms with Crippen LogP contribution in [0.15, 0.2) is 54.7 Å². The molecular formula is C19H18F3N3. The lowest BCUT2D eigenvalue weighted by atomic mass is 10.0. The van der Waals surface area contributed by atoms with Crippen LogP contribution in [0.4, 0.5) is 13.2 Å². The van der Waals surface area contributed by atoms with E-state index < -0.39 is 11.9 Å². The number of nitrogens with zero attached hydrogens (tertiary/aromatic N) is 2. The number of halogens is 3. The summed E-state index contributed by atoms with van der Waals surface area (Å²) in [4.78, 5) is 8.03. The summed E-state index contributed by atoms with van der Waals surface area (Å²) in [6.07, 6.45) is -2.23. The van der Waals surface area contributed by atoms with Gasteiger partial charge in [-0.15, -0.1) is 0 Å². The summed E-state index contributed by atoms with van der Waals surface area (Å²) >= 11 is 0. The Balaban J connectivity index is 1.66. The van der Waals surface area contributed by atoms with Crippen molar-refractivity contribution in [3.05, 3.63) is 71.7 Å². The molecule has 2 heterocycles. The quantitative estimate of drug-likeness (QED) is 0.738. The molecule has 1 aromatic carbocycles. The summed E-state index contributed by atoms with van der Waals surface area (Å²) < 4.78 is 38.1. The Morgan fingerprint density at radius 1 is 1.04 bits per heavy atom. The highest BCUT2D eigenvalue weighted by atomic mass is 19.4. The fourth-order valence-electron chi connectivity index (χ4n) is 2.81. The Morgan fingerprint density at radius 2 is 1.84 bits per heavy atom. The first-order valence-electron chi connectivity index (χ1n) is 8.05. The maximum atomic E-state index is 12.7. The van der Waals surface area contributed by atoms with Gasteiger partial charge in [0.05, 0.1) is 5.52 Å². The van der Waals surface area contributed by atoms with E-state index in [-0.39, 0.29) is 6.04 Å². The summed E-state index contributed by atoms with van der Waals surface area (Å²) in [5, 5.41) is 4.42. The van der Waals surface area contributed by atoms with Crippen LogP contribution in [0, 0.1) is 0 Å². The van der Waals surface area contributed by atoms with E-state index in [0.717, 1.165) is 22.5 Å². The van der Waals surface area contributed by atoms with Gasteiger partial charge in [0.25, 0.3) is 0 Å². The molecular weight excluding hydrogens is 327 g/mol. The number of fused-ring (bicyclic) bond motifs is 1. The average Bonchev–Trinajstić information content (AvgIpc) is 2.60. The van der Waals surface area contributed by atoms with Crippen LogP contribution in [-0.2, 0) is 12.6 Å². The van der Waals surface area contributed by atoms with Gasteiger partial charge in [0.1, 0.15) is 5.69 Å². The van der Waals surface area contributed by atoms with Gasteiger partial charge in [-0.1, -0.05) is 24.3 Å². The van der Waals surface area contributed by atoms with Gasteiger partial charge in [-0.05, 0) is 36.8 Å². The van der Waals surface area contributed by atoms with E-state index in [9.17, 15) is 13.2 Å². The summed E-state index contributed by atoms with van der Waals surface area (Å²) in [6.45, 7) is 2.56. The highest BCUT2D eigenvalue weighted by Gasteiger charge is 2.32. The molecule has 0 saturated carbocycles. The van der Waals surface area contributed by atoms with Crippen molar-refractivity contribution in [1.82, 2.24) is 15.3 Å². The van der Waals surface area contributed by atoms with Crippen LogP contribution >= 0.6 is 0 Å². The number of hydrogen-bond donors (Lipinski definition) is 1. The molecule has 3 aromatic rings. The fourth-order valence-corrected chi connectivity index (χ4v) is 2.81. The van der Waals surface area contributed by atoms with Gasteiger partial charge in [0, 0.05) is 36.3 Å². The van der Waals surface area contributed by atoms with E-state index in [4.69, 9.17) is 0 Å². The molecule has 3 nitrogen and oxygen atoms in total. The van der Waals surface area contributed by atoms with E-state index in [1.165, 1.54) is 6.07 Å². The Kier molecular flexibility index (Phi) is 4.99. The van der Waals surface area contributed by atoms with Gasteiger partial charge in [-0.2, -0.15) is 13.2 Å². The second-order valence-electron chi connectivity index (χ2n) is 5.86. The minimum absolute atomic E-state index is 0.0544. The zero-order valence-corrected chi connectivity index (χ0v) is 13.7. The highest BCUT2D eigenvalue weighted by molar-refractivity contribution is 5.82. The molecule has 0 spiro atoms. The van der Waals surface area contributed by atoms with Gasteiger partial charge in [0.15, 0.2) is 0 Å². The van der Waals surface area contributed by atoms with E-state index in [2.05, 4.69) is 15.3 Å². The molecule has 1 N–H and O–H groups in total. The topological polar surface area (TPSA) is 37.8 Å². The van der Waals surface area contributed by atoms with Crippen molar-refractivity contribution in [2.75, 3.05) is 6.54 Å². The van der Waals surface area contributed by atoms with Crippen molar-refractivity contribution in [3.63, 3.8) is 0 Å². The Labute approximate surface area is 143 Å². The van der Waals surface area contributed by atoms with Crippen molar-refractivity contribution < 1.29 is 13.2 Å². The number of hydrogen-bond acceptors (Lipinski definition) is 3. The zero-order chi connectivity index (χ0) is 17.9. The van der Waals surface area contributed by atoms with Crippen LogP contribution in [-0.4, -0.2) is 16.5 Å². The molecule has 0 amide bonds. The van der Waals surface area contributed by atoms with E-state index >= 15 is 0 Å². The van der Waals surface area contributed by atoms with E-state index in [1.54, 1.807) is 12.3 Å². The van der Waals surface area contributed by atoms with Crippen LogP contribution in [0.25, 0.3) is 10.9 Å². The average molecular weight is 345 g/mol. The predicted octanol–water partition coefficient (Wildman–Crippen LogP) is 4.54. The number of alkyl halides is 3. The first-order valence-corrected chi connectivity index (χ1v) is 8.05. The smallest absolute Gasteiger partial charge is 0.310 e. The lowest BCUT2D eigenvalue weighted by Crippen LogP contribution is -2.22. The second-order valence-corrected chi connectivity index (χ2v) is 5.86. The normalized spacial score (nSPS) is 13.1. The number of benzene rings is 1. The molecule has 0 radical (unpaired) electrons. The molecule has 0 aliphatic rings. The molecule has 0 fully saturated rings. The third-order valence-corrected chi connectivity index (χ3v) is 4.07. The number of aromatic nitrogens is 2. The molecule has 1 atom stereocenters. The second kappa shape index (κ2) is 7.19. The summed E-state index contributed by atoms with van der Waals surface area (Å²) in [6, 6.07) is 13.9. The molecule has 0 aliphatic heterocycles. The summed E-state index contributed by atoms with van der Waals surface area (Å²) in [5.41, 5.74) is 1.61.